The number of piperazine rings is 1. The molecular formula is C16H22N4O2. The number of amides is 1. The highest BCUT2D eigenvalue weighted by atomic mass is 16.6. The van der Waals surface area contributed by atoms with Crippen molar-refractivity contribution in [3.63, 3.8) is 0 Å². The highest BCUT2D eigenvalue weighted by Crippen LogP contribution is 2.24. The second kappa shape index (κ2) is 5.61. The van der Waals surface area contributed by atoms with Crippen molar-refractivity contribution in [3.05, 3.63) is 30.1 Å². The molecule has 118 valence electrons. The molecule has 2 aromatic heterocycles. The monoisotopic (exact) mass is 302 g/mol. The topological polar surface area (TPSA) is 70.2 Å². The standard InChI is InChI=1S/C16H22N4O2/c1-16(2,3)22-15(21)20-9-8-17-10-14(20)13-5-4-11-12(19-13)6-7-18-11/h4-7,14,17-18H,8-10H2,1-3H3. The van der Waals surface area contributed by atoms with Gasteiger partial charge in [-0.25, -0.2) is 9.78 Å². The number of carbonyl (C=O) groups is 1. The van der Waals surface area contributed by atoms with Crippen LogP contribution < -0.4 is 5.32 Å². The third kappa shape index (κ3) is 3.06. The summed E-state index contributed by atoms with van der Waals surface area (Å²) in [5.74, 6) is 0. The van der Waals surface area contributed by atoms with E-state index in [1.165, 1.54) is 0 Å². The van der Waals surface area contributed by atoms with Gasteiger partial charge < -0.3 is 15.0 Å². The molecule has 3 heterocycles. The number of aromatic nitrogens is 2. The number of rotatable bonds is 1. The summed E-state index contributed by atoms with van der Waals surface area (Å²) in [6, 6.07) is 5.79. The number of carbonyl (C=O) groups excluding carboxylic acids is 1. The maximum Gasteiger partial charge on any atom is 0.410 e. The first-order valence-electron chi connectivity index (χ1n) is 7.58. The van der Waals surface area contributed by atoms with Crippen LogP contribution in [0.3, 0.4) is 0 Å². The molecule has 6 nitrogen and oxygen atoms in total. The largest absolute Gasteiger partial charge is 0.444 e. The molecule has 0 saturated carbocycles. The second-order valence-electron chi connectivity index (χ2n) is 6.54. The SMILES string of the molecule is CC(C)(C)OC(=O)N1CCNCC1c1ccc2[nH]ccc2n1. The number of ether oxygens (including phenoxy) is 1. The molecule has 0 spiro atoms. The van der Waals surface area contributed by atoms with Crippen molar-refractivity contribution in [2.24, 2.45) is 0 Å². The summed E-state index contributed by atoms with van der Waals surface area (Å²) in [6.45, 7) is 7.71. The van der Waals surface area contributed by atoms with Crippen molar-refractivity contribution >= 4 is 17.1 Å². The number of H-pyrrole nitrogens is 1. The Morgan fingerprint density at radius 1 is 1.36 bits per heavy atom. The van der Waals surface area contributed by atoms with Crippen molar-refractivity contribution in [3.8, 4) is 0 Å². The summed E-state index contributed by atoms with van der Waals surface area (Å²) in [5.41, 5.74) is 2.29. The van der Waals surface area contributed by atoms with Gasteiger partial charge in [0.15, 0.2) is 0 Å². The highest BCUT2D eigenvalue weighted by molar-refractivity contribution is 5.75. The molecule has 1 unspecified atom stereocenters. The molecule has 22 heavy (non-hydrogen) atoms. The lowest BCUT2D eigenvalue weighted by Gasteiger charge is -2.36. The number of aromatic amines is 1. The van der Waals surface area contributed by atoms with Gasteiger partial charge in [-0.2, -0.15) is 0 Å². The predicted molar refractivity (Wildman–Crippen MR) is 84.6 cm³/mol. The fraction of sp³-hybridized carbons (Fsp3) is 0.500. The van der Waals surface area contributed by atoms with E-state index in [1.807, 2.05) is 45.2 Å². The third-order valence-corrected chi connectivity index (χ3v) is 3.64. The van der Waals surface area contributed by atoms with Crippen LogP contribution in [0.2, 0.25) is 0 Å². The minimum Gasteiger partial charge on any atom is -0.444 e. The number of hydrogen-bond acceptors (Lipinski definition) is 4. The summed E-state index contributed by atoms with van der Waals surface area (Å²) < 4.78 is 5.53. The molecule has 2 N–H and O–H groups in total. The average Bonchev–Trinajstić information content (AvgIpc) is 2.92. The van der Waals surface area contributed by atoms with Gasteiger partial charge in [0.2, 0.25) is 0 Å². The van der Waals surface area contributed by atoms with Crippen LogP contribution in [0.1, 0.15) is 32.5 Å². The molecule has 1 fully saturated rings. The number of fused-ring (bicyclic) bond motifs is 1. The molecule has 1 saturated heterocycles. The summed E-state index contributed by atoms with van der Waals surface area (Å²) in [5, 5.41) is 3.33. The van der Waals surface area contributed by atoms with Gasteiger partial charge in [-0.3, -0.25) is 4.90 Å². The normalized spacial score (nSPS) is 19.4. The van der Waals surface area contributed by atoms with E-state index in [4.69, 9.17) is 4.74 Å². The number of hydrogen-bond donors (Lipinski definition) is 2. The van der Waals surface area contributed by atoms with Crippen molar-refractivity contribution in [2.75, 3.05) is 19.6 Å². The summed E-state index contributed by atoms with van der Waals surface area (Å²) >= 11 is 0. The lowest BCUT2D eigenvalue weighted by Crippen LogP contribution is -2.50. The number of pyridine rings is 1. The molecule has 2 aromatic rings. The van der Waals surface area contributed by atoms with Gasteiger partial charge in [0, 0.05) is 25.8 Å². The molecule has 0 aliphatic carbocycles. The molecule has 6 heteroatoms. The Morgan fingerprint density at radius 3 is 2.95 bits per heavy atom. The maximum absolute atomic E-state index is 12.5. The van der Waals surface area contributed by atoms with Crippen molar-refractivity contribution in [1.29, 1.82) is 0 Å². The van der Waals surface area contributed by atoms with E-state index in [0.717, 1.165) is 23.3 Å². The van der Waals surface area contributed by atoms with Crippen LogP contribution in [-0.2, 0) is 4.74 Å². The van der Waals surface area contributed by atoms with Gasteiger partial charge in [0.05, 0.1) is 22.8 Å². The zero-order valence-corrected chi connectivity index (χ0v) is 13.2. The Kier molecular flexibility index (Phi) is 3.78. The van der Waals surface area contributed by atoms with E-state index in [1.54, 1.807) is 4.90 Å². The molecule has 1 aliphatic heterocycles. The zero-order chi connectivity index (χ0) is 15.7. The molecule has 1 amide bonds. The van der Waals surface area contributed by atoms with Crippen LogP contribution >= 0.6 is 0 Å². The average molecular weight is 302 g/mol. The fourth-order valence-electron chi connectivity index (χ4n) is 2.64. The van der Waals surface area contributed by atoms with Gasteiger partial charge in [-0.15, -0.1) is 0 Å². The van der Waals surface area contributed by atoms with Gasteiger partial charge in [0.1, 0.15) is 5.60 Å². The first kappa shape index (κ1) is 14.8. The van der Waals surface area contributed by atoms with E-state index in [-0.39, 0.29) is 12.1 Å². The smallest absolute Gasteiger partial charge is 0.410 e. The highest BCUT2D eigenvalue weighted by Gasteiger charge is 2.32. The van der Waals surface area contributed by atoms with E-state index in [0.29, 0.717) is 13.1 Å². The fourth-order valence-corrected chi connectivity index (χ4v) is 2.64. The summed E-state index contributed by atoms with van der Waals surface area (Å²) in [7, 11) is 0. The Labute approximate surface area is 129 Å². The minimum atomic E-state index is -0.496. The van der Waals surface area contributed by atoms with Crippen molar-refractivity contribution in [2.45, 2.75) is 32.4 Å². The molecule has 1 aliphatic rings. The van der Waals surface area contributed by atoms with Crippen LogP contribution in [0.15, 0.2) is 24.4 Å². The zero-order valence-electron chi connectivity index (χ0n) is 13.2. The lowest BCUT2D eigenvalue weighted by atomic mass is 10.1. The van der Waals surface area contributed by atoms with E-state index in [9.17, 15) is 4.79 Å². The molecule has 1 atom stereocenters. The van der Waals surface area contributed by atoms with Gasteiger partial charge in [-0.05, 0) is 39.0 Å². The molecular weight excluding hydrogens is 280 g/mol. The first-order valence-corrected chi connectivity index (χ1v) is 7.58. The van der Waals surface area contributed by atoms with Crippen molar-refractivity contribution < 1.29 is 9.53 Å². The molecule has 0 radical (unpaired) electrons. The van der Waals surface area contributed by atoms with Crippen molar-refractivity contribution in [1.82, 2.24) is 20.2 Å². The number of nitrogens with one attached hydrogen (secondary N) is 2. The van der Waals surface area contributed by atoms with E-state index < -0.39 is 5.60 Å². The van der Waals surface area contributed by atoms with Crippen LogP contribution in [0.25, 0.3) is 11.0 Å². The summed E-state index contributed by atoms with van der Waals surface area (Å²) in [4.78, 5) is 22.0. The minimum absolute atomic E-state index is 0.108. The third-order valence-electron chi connectivity index (χ3n) is 3.64. The van der Waals surface area contributed by atoms with E-state index in [2.05, 4.69) is 15.3 Å². The van der Waals surface area contributed by atoms with Crippen LogP contribution in [0, 0.1) is 0 Å². The first-order chi connectivity index (χ1) is 10.4. The number of nitrogens with zero attached hydrogens (tertiary/aromatic N) is 2. The summed E-state index contributed by atoms with van der Waals surface area (Å²) in [6.07, 6.45) is 1.58. The van der Waals surface area contributed by atoms with Gasteiger partial charge >= 0.3 is 6.09 Å². The Bertz CT molecular complexity index is 674. The van der Waals surface area contributed by atoms with Gasteiger partial charge in [-0.1, -0.05) is 0 Å². The van der Waals surface area contributed by atoms with E-state index >= 15 is 0 Å². The van der Waals surface area contributed by atoms with Crippen LogP contribution in [0.5, 0.6) is 0 Å². The Balaban J connectivity index is 1.86. The van der Waals surface area contributed by atoms with Gasteiger partial charge in [0.25, 0.3) is 0 Å². The Morgan fingerprint density at radius 2 is 2.18 bits per heavy atom. The lowest BCUT2D eigenvalue weighted by molar-refractivity contribution is 0.0113. The Hall–Kier alpha value is -2.08. The quantitative estimate of drug-likeness (QED) is 0.849. The van der Waals surface area contributed by atoms with Crippen LogP contribution in [-0.4, -0.2) is 46.2 Å². The predicted octanol–water partition coefficient (Wildman–Crippen LogP) is 2.44. The maximum atomic E-state index is 12.5. The van der Waals surface area contributed by atoms with Crippen LogP contribution in [0.4, 0.5) is 4.79 Å². The molecule has 0 bridgehead atoms. The second-order valence-corrected chi connectivity index (χ2v) is 6.54. The molecule has 0 aromatic carbocycles. The molecule has 3 rings (SSSR count).